The van der Waals surface area contributed by atoms with E-state index in [1.807, 2.05) is 0 Å². The second kappa shape index (κ2) is 8.26. The van der Waals surface area contributed by atoms with Crippen molar-refractivity contribution in [3.63, 3.8) is 0 Å². The number of nitrogens with one attached hydrogen (secondary N) is 2. The van der Waals surface area contributed by atoms with Gasteiger partial charge in [-0.1, -0.05) is 0 Å². The summed E-state index contributed by atoms with van der Waals surface area (Å²) < 4.78 is 33.0. The minimum absolute atomic E-state index is 0.203. The number of benzene rings is 1. The minimum atomic E-state index is -3.53. The van der Waals surface area contributed by atoms with Gasteiger partial charge in [0.25, 0.3) is 0 Å². The first-order chi connectivity index (χ1) is 10.5. The highest BCUT2D eigenvalue weighted by Gasteiger charge is 2.18. The van der Waals surface area contributed by atoms with E-state index in [2.05, 4.69) is 30.9 Å². The highest BCUT2D eigenvalue weighted by Crippen LogP contribution is 2.26. The maximum Gasteiger partial charge on any atom is 0.241 e. The second-order valence-corrected chi connectivity index (χ2v) is 7.73. The highest BCUT2D eigenvalue weighted by atomic mass is 79.9. The summed E-state index contributed by atoms with van der Waals surface area (Å²) in [6.45, 7) is 5.38. The van der Waals surface area contributed by atoms with Crippen LogP contribution < -0.4 is 14.8 Å². The second-order valence-electron chi connectivity index (χ2n) is 5.14. The first-order valence-corrected chi connectivity index (χ1v) is 9.57. The average Bonchev–Trinajstić information content (AvgIpc) is 2.53. The lowest BCUT2D eigenvalue weighted by molar-refractivity contribution is 0.239. The predicted octanol–water partition coefficient (Wildman–Crippen LogP) is 1.03. The molecule has 1 fully saturated rings. The molecule has 0 saturated carbocycles. The molecular weight excluding hydrogens is 370 g/mol. The van der Waals surface area contributed by atoms with Crippen molar-refractivity contribution in [2.75, 3.05) is 46.4 Å². The first kappa shape index (κ1) is 17.7. The van der Waals surface area contributed by atoms with Gasteiger partial charge in [0.1, 0.15) is 5.75 Å². The molecule has 22 heavy (non-hydrogen) atoms. The third-order valence-electron chi connectivity index (χ3n) is 3.58. The fourth-order valence-electron chi connectivity index (χ4n) is 2.34. The van der Waals surface area contributed by atoms with Gasteiger partial charge in [-0.25, -0.2) is 13.1 Å². The number of nitrogens with zero attached hydrogens (tertiary/aromatic N) is 1. The number of piperazine rings is 1. The molecule has 0 bridgehead atoms. The molecule has 0 spiro atoms. The number of hydrogen-bond donors (Lipinski definition) is 2. The van der Waals surface area contributed by atoms with Crippen molar-refractivity contribution < 1.29 is 13.2 Å². The number of sulfonamides is 1. The van der Waals surface area contributed by atoms with Gasteiger partial charge in [0, 0.05) is 43.3 Å². The van der Waals surface area contributed by atoms with Crippen LogP contribution in [0.2, 0.25) is 0 Å². The molecule has 6 nitrogen and oxygen atoms in total. The summed E-state index contributed by atoms with van der Waals surface area (Å²) in [5, 5.41) is 3.30. The zero-order valence-electron chi connectivity index (χ0n) is 12.6. The lowest BCUT2D eigenvalue weighted by Crippen LogP contribution is -2.44. The van der Waals surface area contributed by atoms with E-state index in [4.69, 9.17) is 4.74 Å². The lowest BCUT2D eigenvalue weighted by Gasteiger charge is -2.27. The van der Waals surface area contributed by atoms with Gasteiger partial charge in [0.2, 0.25) is 10.0 Å². The number of ether oxygens (including phenoxy) is 1. The Morgan fingerprint density at radius 2 is 2.09 bits per heavy atom. The van der Waals surface area contributed by atoms with Crippen molar-refractivity contribution in [2.45, 2.75) is 11.3 Å². The molecule has 0 aliphatic carbocycles. The summed E-state index contributed by atoms with van der Waals surface area (Å²) in [6.07, 6.45) is 0.792. The Morgan fingerprint density at radius 1 is 1.36 bits per heavy atom. The Hall–Kier alpha value is -0.670. The van der Waals surface area contributed by atoms with E-state index in [0.29, 0.717) is 16.8 Å². The molecule has 0 aromatic heterocycles. The van der Waals surface area contributed by atoms with Gasteiger partial charge in [0.15, 0.2) is 0 Å². The lowest BCUT2D eigenvalue weighted by atomic mass is 10.3. The van der Waals surface area contributed by atoms with Crippen LogP contribution in [-0.2, 0) is 10.0 Å². The Labute approximate surface area is 140 Å². The molecular formula is C14H22BrN3O3S. The molecule has 1 aromatic rings. The molecule has 8 heteroatoms. The summed E-state index contributed by atoms with van der Waals surface area (Å²) in [7, 11) is -2.02. The summed E-state index contributed by atoms with van der Waals surface area (Å²) in [6, 6.07) is 4.91. The van der Waals surface area contributed by atoms with Crippen molar-refractivity contribution in [1.82, 2.24) is 14.9 Å². The van der Waals surface area contributed by atoms with Gasteiger partial charge >= 0.3 is 0 Å². The molecule has 2 N–H and O–H groups in total. The number of halogens is 1. The van der Waals surface area contributed by atoms with Crippen LogP contribution in [0.1, 0.15) is 6.42 Å². The molecule has 1 heterocycles. The van der Waals surface area contributed by atoms with Crippen LogP contribution in [0.25, 0.3) is 0 Å². The Bertz CT molecular complexity index is 589. The summed E-state index contributed by atoms with van der Waals surface area (Å²) >= 11 is 3.28. The van der Waals surface area contributed by atoms with Gasteiger partial charge in [-0.2, -0.15) is 0 Å². The summed E-state index contributed by atoms with van der Waals surface area (Å²) in [4.78, 5) is 2.54. The fourth-order valence-corrected chi connectivity index (χ4v) is 4.39. The molecule has 0 unspecified atom stereocenters. The van der Waals surface area contributed by atoms with Gasteiger partial charge in [-0.15, -0.1) is 0 Å². The first-order valence-electron chi connectivity index (χ1n) is 7.29. The highest BCUT2D eigenvalue weighted by molar-refractivity contribution is 9.10. The number of methoxy groups -OCH3 is 1. The van der Waals surface area contributed by atoms with Gasteiger partial charge < -0.3 is 15.0 Å². The zero-order valence-corrected chi connectivity index (χ0v) is 15.0. The van der Waals surface area contributed by atoms with E-state index < -0.39 is 10.0 Å². The molecule has 124 valence electrons. The monoisotopic (exact) mass is 391 g/mol. The smallest absolute Gasteiger partial charge is 0.241 e. The molecule has 0 radical (unpaired) electrons. The molecule has 1 aliphatic rings. The Kier molecular flexibility index (Phi) is 6.64. The zero-order chi connectivity index (χ0) is 16.0. The van der Waals surface area contributed by atoms with E-state index in [9.17, 15) is 8.42 Å². The standard InChI is InChI=1S/C14H22BrN3O3S/c1-21-12-3-4-13(15)14(11-12)22(19,20)17-5-2-8-18-9-6-16-7-10-18/h3-4,11,16-17H,2,5-10H2,1H3. The van der Waals surface area contributed by atoms with Crippen molar-refractivity contribution in [1.29, 1.82) is 0 Å². The number of hydrogen-bond acceptors (Lipinski definition) is 5. The van der Waals surface area contributed by atoms with Crippen molar-refractivity contribution in [3.8, 4) is 5.75 Å². The maximum absolute atomic E-state index is 12.4. The summed E-state index contributed by atoms with van der Waals surface area (Å²) in [5.74, 6) is 0.518. The van der Waals surface area contributed by atoms with E-state index in [1.165, 1.54) is 13.2 Å². The normalized spacial score (nSPS) is 16.6. The fraction of sp³-hybridized carbons (Fsp3) is 0.571. The Morgan fingerprint density at radius 3 is 2.77 bits per heavy atom. The maximum atomic E-state index is 12.4. The Balaban J connectivity index is 1.88. The number of rotatable bonds is 7. The molecule has 2 rings (SSSR count). The van der Waals surface area contributed by atoms with Crippen LogP contribution in [0.5, 0.6) is 5.75 Å². The third-order valence-corrected chi connectivity index (χ3v) is 6.04. The van der Waals surface area contributed by atoms with Crippen LogP contribution in [-0.4, -0.2) is 59.7 Å². The summed E-state index contributed by atoms with van der Waals surface area (Å²) in [5.41, 5.74) is 0. The van der Waals surface area contributed by atoms with Crippen molar-refractivity contribution in [2.24, 2.45) is 0 Å². The molecule has 1 aliphatic heterocycles. The van der Waals surface area contributed by atoms with Gasteiger partial charge in [-0.3, -0.25) is 0 Å². The van der Waals surface area contributed by atoms with Crippen LogP contribution in [0.3, 0.4) is 0 Å². The quantitative estimate of drug-likeness (QED) is 0.679. The molecule has 0 atom stereocenters. The van der Waals surface area contributed by atoms with Crippen LogP contribution in [0.4, 0.5) is 0 Å². The van der Waals surface area contributed by atoms with Crippen LogP contribution >= 0.6 is 15.9 Å². The van der Waals surface area contributed by atoms with Crippen molar-refractivity contribution in [3.05, 3.63) is 22.7 Å². The average molecular weight is 392 g/mol. The molecule has 1 saturated heterocycles. The minimum Gasteiger partial charge on any atom is -0.497 e. The SMILES string of the molecule is COc1ccc(Br)c(S(=O)(=O)NCCCN2CCNCC2)c1. The van der Waals surface area contributed by atoms with Gasteiger partial charge in [-0.05, 0) is 41.0 Å². The van der Waals surface area contributed by atoms with E-state index in [0.717, 1.165) is 39.1 Å². The molecule has 0 amide bonds. The van der Waals surface area contributed by atoms with Crippen LogP contribution in [0, 0.1) is 0 Å². The van der Waals surface area contributed by atoms with E-state index in [-0.39, 0.29) is 4.90 Å². The topological polar surface area (TPSA) is 70.7 Å². The molecule has 1 aromatic carbocycles. The van der Waals surface area contributed by atoms with Crippen LogP contribution in [0.15, 0.2) is 27.6 Å². The van der Waals surface area contributed by atoms with Gasteiger partial charge in [0.05, 0.1) is 12.0 Å². The third kappa shape index (κ3) is 4.92. The van der Waals surface area contributed by atoms with E-state index >= 15 is 0 Å². The largest absolute Gasteiger partial charge is 0.497 e. The van der Waals surface area contributed by atoms with Crippen molar-refractivity contribution >= 4 is 26.0 Å². The van der Waals surface area contributed by atoms with E-state index in [1.54, 1.807) is 12.1 Å². The predicted molar refractivity (Wildman–Crippen MR) is 89.8 cm³/mol.